The number of halogens is 1. The number of carbonyl (C=O) groups excluding carboxylic acids is 1. The van der Waals surface area contributed by atoms with Crippen molar-refractivity contribution in [1.82, 2.24) is 14.7 Å². The number of nitrogens with zero attached hydrogens (tertiary/aromatic N) is 3. The quantitative estimate of drug-likeness (QED) is 0.668. The first kappa shape index (κ1) is 18.3. The van der Waals surface area contributed by atoms with E-state index >= 15 is 0 Å². The van der Waals surface area contributed by atoms with Crippen molar-refractivity contribution in [1.29, 1.82) is 0 Å². The van der Waals surface area contributed by atoms with Gasteiger partial charge in [-0.1, -0.05) is 41.9 Å². The molecule has 0 radical (unpaired) electrons. The Morgan fingerprint density at radius 2 is 1.83 bits per heavy atom. The molecule has 0 saturated heterocycles. The summed E-state index contributed by atoms with van der Waals surface area (Å²) in [6, 6.07) is 15.9. The monoisotopic (exact) mass is 406 g/mol. The summed E-state index contributed by atoms with van der Waals surface area (Å²) in [5, 5.41) is 9.15. The lowest BCUT2D eigenvalue weighted by molar-refractivity contribution is 0.0665. The number of aromatic nitrogens is 2. The zero-order chi connectivity index (χ0) is 20.1. The molecule has 6 heteroatoms. The maximum atomic E-state index is 13.3. The first-order valence-corrected chi connectivity index (χ1v) is 10.4. The Balaban J connectivity index is 1.56. The predicted molar refractivity (Wildman–Crippen MR) is 114 cm³/mol. The van der Waals surface area contributed by atoms with Crippen molar-refractivity contribution in [2.45, 2.75) is 45.4 Å². The highest BCUT2D eigenvalue weighted by Crippen LogP contribution is 2.42. The van der Waals surface area contributed by atoms with Crippen LogP contribution in [-0.4, -0.2) is 26.6 Å². The fourth-order valence-electron chi connectivity index (χ4n) is 4.26. The van der Waals surface area contributed by atoms with E-state index in [0.29, 0.717) is 12.6 Å². The van der Waals surface area contributed by atoms with Gasteiger partial charge in [0.15, 0.2) is 0 Å². The number of aryl methyl sites for hydroxylation is 1. The lowest BCUT2D eigenvalue weighted by Crippen LogP contribution is -2.44. The van der Waals surface area contributed by atoms with E-state index in [0.717, 1.165) is 51.6 Å². The van der Waals surface area contributed by atoms with E-state index < -0.39 is 0 Å². The second kappa shape index (κ2) is 6.92. The third-order valence-electron chi connectivity index (χ3n) is 5.89. The summed E-state index contributed by atoms with van der Waals surface area (Å²) in [4.78, 5) is 15.3. The van der Waals surface area contributed by atoms with Crippen LogP contribution in [0.3, 0.4) is 0 Å². The van der Waals surface area contributed by atoms with Crippen LogP contribution in [0.2, 0.25) is 5.02 Å². The highest BCUT2D eigenvalue weighted by atomic mass is 35.5. The Labute approximate surface area is 175 Å². The summed E-state index contributed by atoms with van der Waals surface area (Å²) < 4.78 is 1.99. The van der Waals surface area contributed by atoms with Crippen LogP contribution in [0.5, 0.6) is 0 Å². The van der Waals surface area contributed by atoms with Gasteiger partial charge >= 0.3 is 0 Å². The number of fused-ring (bicyclic) bond motifs is 1. The van der Waals surface area contributed by atoms with Gasteiger partial charge in [-0.2, -0.15) is 5.10 Å². The molecule has 0 spiro atoms. The molecule has 1 aliphatic heterocycles. The summed E-state index contributed by atoms with van der Waals surface area (Å²) in [6.07, 6.45) is 1.90. The van der Waals surface area contributed by atoms with E-state index in [1.807, 2.05) is 65.0 Å². The molecule has 2 aromatic carbocycles. The topological polar surface area (TPSA) is 50.2 Å². The van der Waals surface area contributed by atoms with Gasteiger partial charge in [-0.25, -0.2) is 0 Å². The standard InChI is InChI=1S/C23H23ClN4O/c1-14-21(15(2)27(26-14)13-16-7-3-5-9-19(16)24)22-25-20-10-6-4-8-18(20)23(29)28(22)17-11-12-17/h3-10,17,22,25H,11-13H2,1-2H3. The minimum Gasteiger partial charge on any atom is -0.361 e. The molecule has 2 aliphatic rings. The van der Waals surface area contributed by atoms with E-state index in [4.69, 9.17) is 16.7 Å². The minimum absolute atomic E-state index is 0.101. The van der Waals surface area contributed by atoms with Gasteiger partial charge in [-0.15, -0.1) is 0 Å². The van der Waals surface area contributed by atoms with E-state index in [9.17, 15) is 4.79 Å². The predicted octanol–water partition coefficient (Wildman–Crippen LogP) is 4.93. The fraction of sp³-hybridized carbons (Fsp3) is 0.304. The number of nitrogens with one attached hydrogen (secondary N) is 1. The summed E-state index contributed by atoms with van der Waals surface area (Å²) in [5.74, 6) is 0.101. The Morgan fingerprint density at radius 1 is 1.10 bits per heavy atom. The zero-order valence-corrected chi connectivity index (χ0v) is 17.3. The van der Waals surface area contributed by atoms with Gasteiger partial charge in [-0.3, -0.25) is 9.48 Å². The van der Waals surface area contributed by atoms with Crippen molar-refractivity contribution in [2.75, 3.05) is 5.32 Å². The lowest BCUT2D eigenvalue weighted by Gasteiger charge is -2.38. The second-order valence-electron chi connectivity index (χ2n) is 7.87. The number of para-hydroxylation sites is 1. The maximum Gasteiger partial charge on any atom is 0.258 e. The molecule has 1 saturated carbocycles. The molecule has 5 nitrogen and oxygen atoms in total. The van der Waals surface area contributed by atoms with Crippen LogP contribution in [0.1, 0.15) is 51.9 Å². The molecule has 5 rings (SSSR count). The Morgan fingerprint density at radius 3 is 2.59 bits per heavy atom. The molecule has 29 heavy (non-hydrogen) atoms. The van der Waals surface area contributed by atoms with E-state index in [-0.39, 0.29) is 12.1 Å². The molecule has 1 unspecified atom stereocenters. The summed E-state index contributed by atoms with van der Waals surface area (Å²) in [7, 11) is 0. The second-order valence-corrected chi connectivity index (χ2v) is 8.28. The van der Waals surface area contributed by atoms with Gasteiger partial charge in [0.05, 0.1) is 17.8 Å². The molecule has 3 aromatic rings. The summed E-state index contributed by atoms with van der Waals surface area (Å²) in [5.41, 5.74) is 5.73. The molecule has 1 aromatic heterocycles. The highest BCUT2D eigenvalue weighted by Gasteiger charge is 2.43. The van der Waals surface area contributed by atoms with Crippen molar-refractivity contribution >= 4 is 23.2 Å². The molecular weight excluding hydrogens is 384 g/mol. The number of amides is 1. The molecule has 1 aliphatic carbocycles. The molecule has 1 atom stereocenters. The summed E-state index contributed by atoms with van der Waals surface area (Å²) in [6.45, 7) is 4.69. The van der Waals surface area contributed by atoms with Crippen LogP contribution in [-0.2, 0) is 6.54 Å². The van der Waals surface area contributed by atoms with Crippen LogP contribution in [0.15, 0.2) is 48.5 Å². The largest absolute Gasteiger partial charge is 0.361 e. The molecular formula is C23H23ClN4O. The zero-order valence-electron chi connectivity index (χ0n) is 16.5. The van der Waals surface area contributed by atoms with E-state index in [1.165, 1.54) is 0 Å². The smallest absolute Gasteiger partial charge is 0.258 e. The number of hydrogen-bond acceptors (Lipinski definition) is 3. The van der Waals surface area contributed by atoms with Crippen molar-refractivity contribution < 1.29 is 4.79 Å². The van der Waals surface area contributed by atoms with Crippen molar-refractivity contribution in [2.24, 2.45) is 0 Å². The molecule has 1 amide bonds. The van der Waals surface area contributed by atoms with Crippen molar-refractivity contribution in [3.63, 3.8) is 0 Å². The summed E-state index contributed by atoms with van der Waals surface area (Å²) >= 11 is 6.36. The SMILES string of the molecule is Cc1nn(Cc2ccccc2Cl)c(C)c1C1Nc2ccccc2C(=O)N1C1CC1. The maximum absolute atomic E-state index is 13.3. The number of hydrogen-bond donors (Lipinski definition) is 1. The molecule has 148 valence electrons. The van der Waals surface area contributed by atoms with Gasteiger partial charge in [0, 0.05) is 28.0 Å². The molecule has 1 fully saturated rings. The Kier molecular flexibility index (Phi) is 4.36. The normalized spacial score (nSPS) is 18.5. The first-order valence-electron chi connectivity index (χ1n) is 10.00. The number of anilines is 1. The van der Waals surface area contributed by atoms with Crippen LogP contribution in [0.4, 0.5) is 5.69 Å². The third kappa shape index (κ3) is 3.10. The third-order valence-corrected chi connectivity index (χ3v) is 6.26. The first-order chi connectivity index (χ1) is 14.0. The highest BCUT2D eigenvalue weighted by molar-refractivity contribution is 6.31. The van der Waals surface area contributed by atoms with E-state index in [1.54, 1.807) is 0 Å². The van der Waals surface area contributed by atoms with Crippen LogP contribution in [0.25, 0.3) is 0 Å². The molecule has 0 bridgehead atoms. The van der Waals surface area contributed by atoms with Crippen molar-refractivity contribution in [3.05, 3.63) is 81.6 Å². The average Bonchev–Trinajstić information content (AvgIpc) is 3.50. The van der Waals surface area contributed by atoms with Gasteiger partial charge in [0.1, 0.15) is 6.17 Å². The fourth-order valence-corrected chi connectivity index (χ4v) is 4.45. The minimum atomic E-state index is -0.204. The number of benzene rings is 2. The number of carbonyl (C=O) groups is 1. The van der Waals surface area contributed by atoms with Crippen LogP contribution in [0, 0.1) is 13.8 Å². The van der Waals surface area contributed by atoms with Gasteiger partial charge < -0.3 is 10.2 Å². The van der Waals surface area contributed by atoms with E-state index in [2.05, 4.69) is 12.2 Å². The Bertz CT molecular complexity index is 1100. The van der Waals surface area contributed by atoms with Crippen molar-refractivity contribution in [3.8, 4) is 0 Å². The molecule has 2 heterocycles. The van der Waals surface area contributed by atoms with Crippen LogP contribution >= 0.6 is 11.6 Å². The van der Waals surface area contributed by atoms with Gasteiger partial charge in [-0.05, 0) is 50.5 Å². The van der Waals surface area contributed by atoms with Gasteiger partial charge in [0.25, 0.3) is 5.91 Å². The average molecular weight is 407 g/mol. The van der Waals surface area contributed by atoms with Gasteiger partial charge in [0.2, 0.25) is 0 Å². The Hall–Kier alpha value is -2.79. The van der Waals surface area contributed by atoms with Crippen LogP contribution < -0.4 is 5.32 Å². The molecule has 1 N–H and O–H groups in total. The lowest BCUT2D eigenvalue weighted by atomic mass is 10.0. The number of rotatable bonds is 4.